The van der Waals surface area contributed by atoms with Gasteiger partial charge in [-0.15, -0.1) is 0 Å². The first-order valence-electron chi connectivity index (χ1n) is 11.2. The van der Waals surface area contributed by atoms with Crippen molar-refractivity contribution in [3.63, 3.8) is 0 Å². The first-order valence-corrected chi connectivity index (χ1v) is 11.9. The van der Waals surface area contributed by atoms with Crippen LogP contribution >= 0.6 is 23.2 Å². The van der Waals surface area contributed by atoms with Gasteiger partial charge in [0.2, 0.25) is 5.91 Å². The lowest BCUT2D eigenvalue weighted by Gasteiger charge is -2.31. The van der Waals surface area contributed by atoms with Gasteiger partial charge in [0, 0.05) is 17.6 Å². The molecule has 2 aromatic carbocycles. The van der Waals surface area contributed by atoms with Gasteiger partial charge in [-0.25, -0.2) is 0 Å². The third kappa shape index (κ3) is 6.88. The second-order valence-electron chi connectivity index (χ2n) is 8.10. The van der Waals surface area contributed by atoms with Gasteiger partial charge in [0.1, 0.15) is 11.8 Å². The third-order valence-corrected chi connectivity index (χ3v) is 6.35. The molecule has 1 aliphatic rings. The van der Waals surface area contributed by atoms with Crippen LogP contribution in [0.4, 0.5) is 0 Å². The van der Waals surface area contributed by atoms with Gasteiger partial charge in [-0.2, -0.15) is 0 Å². The van der Waals surface area contributed by atoms with Crippen LogP contribution in [0, 0.1) is 0 Å². The number of nitrogens with zero attached hydrogens (tertiary/aromatic N) is 1. The summed E-state index contributed by atoms with van der Waals surface area (Å²) in [6, 6.07) is 14.5. The summed E-state index contributed by atoms with van der Waals surface area (Å²) in [6.45, 7) is 2.15. The lowest BCUT2D eigenvalue weighted by atomic mass is 10.1. The summed E-state index contributed by atoms with van der Waals surface area (Å²) in [7, 11) is 0. The van der Waals surface area contributed by atoms with E-state index in [1.54, 1.807) is 23.1 Å². The van der Waals surface area contributed by atoms with Crippen LogP contribution in [0.1, 0.15) is 44.6 Å². The molecule has 2 amide bonds. The van der Waals surface area contributed by atoms with Gasteiger partial charge in [0.25, 0.3) is 5.91 Å². The molecule has 5 nitrogen and oxygen atoms in total. The van der Waals surface area contributed by atoms with Crippen molar-refractivity contribution in [1.82, 2.24) is 10.2 Å². The van der Waals surface area contributed by atoms with E-state index in [1.165, 1.54) is 0 Å². The quantitative estimate of drug-likeness (QED) is 0.507. The Kier molecular flexibility index (Phi) is 9.24. The van der Waals surface area contributed by atoms with Crippen LogP contribution < -0.4 is 10.1 Å². The van der Waals surface area contributed by atoms with E-state index in [-0.39, 0.29) is 24.5 Å². The van der Waals surface area contributed by atoms with Gasteiger partial charge in [-0.05, 0) is 49.4 Å². The zero-order valence-electron chi connectivity index (χ0n) is 18.4. The minimum atomic E-state index is -0.545. The summed E-state index contributed by atoms with van der Waals surface area (Å²) in [5, 5.41) is 3.98. The van der Waals surface area contributed by atoms with Gasteiger partial charge >= 0.3 is 0 Å². The van der Waals surface area contributed by atoms with Crippen molar-refractivity contribution in [2.45, 2.75) is 57.5 Å². The monoisotopic (exact) mass is 476 g/mol. The molecule has 0 aromatic heterocycles. The fourth-order valence-electron chi connectivity index (χ4n) is 4.08. The van der Waals surface area contributed by atoms with E-state index in [0.717, 1.165) is 31.2 Å². The fourth-order valence-corrected chi connectivity index (χ4v) is 4.54. The summed E-state index contributed by atoms with van der Waals surface area (Å²) in [6.07, 6.45) is 5.45. The highest BCUT2D eigenvalue weighted by molar-refractivity contribution is 6.35. The Morgan fingerprint density at radius 2 is 1.84 bits per heavy atom. The third-order valence-electron chi connectivity index (χ3n) is 5.82. The molecular formula is C25H30Cl2N2O3. The van der Waals surface area contributed by atoms with Crippen LogP contribution in [0.2, 0.25) is 10.0 Å². The average molecular weight is 477 g/mol. The minimum absolute atomic E-state index is 0.0923. The number of halogens is 2. The number of ether oxygens (including phenoxy) is 1. The topological polar surface area (TPSA) is 58.6 Å². The lowest BCUT2D eigenvalue weighted by Crippen LogP contribution is -2.52. The lowest BCUT2D eigenvalue weighted by molar-refractivity contribution is -0.142. The van der Waals surface area contributed by atoms with Crippen molar-refractivity contribution in [2.24, 2.45) is 0 Å². The summed E-state index contributed by atoms with van der Waals surface area (Å²) in [5.74, 6) is 0.0431. The fraction of sp³-hybridized carbons (Fsp3) is 0.440. The Morgan fingerprint density at radius 1 is 1.12 bits per heavy atom. The number of hydrogen-bond acceptors (Lipinski definition) is 3. The number of nitrogens with one attached hydrogen (secondary N) is 1. The first-order chi connectivity index (χ1) is 15.5. The van der Waals surface area contributed by atoms with Crippen molar-refractivity contribution >= 4 is 35.0 Å². The number of rotatable bonds is 10. The molecule has 0 heterocycles. The molecule has 1 N–H and O–H groups in total. The molecule has 172 valence electrons. The molecule has 2 aromatic rings. The van der Waals surface area contributed by atoms with E-state index < -0.39 is 6.04 Å². The smallest absolute Gasteiger partial charge is 0.261 e. The highest BCUT2D eigenvalue weighted by Crippen LogP contribution is 2.27. The molecule has 0 aliphatic heterocycles. The Balaban J connectivity index is 1.71. The van der Waals surface area contributed by atoms with E-state index in [9.17, 15) is 9.59 Å². The Morgan fingerprint density at radius 3 is 2.50 bits per heavy atom. The van der Waals surface area contributed by atoms with Crippen LogP contribution in [0.3, 0.4) is 0 Å². The first kappa shape index (κ1) is 24.4. The van der Waals surface area contributed by atoms with E-state index >= 15 is 0 Å². The zero-order chi connectivity index (χ0) is 22.9. The van der Waals surface area contributed by atoms with Crippen molar-refractivity contribution in [3.05, 3.63) is 64.1 Å². The van der Waals surface area contributed by atoms with E-state index in [0.29, 0.717) is 35.2 Å². The second kappa shape index (κ2) is 12.1. The Labute approximate surface area is 200 Å². The maximum absolute atomic E-state index is 13.2. The molecule has 32 heavy (non-hydrogen) atoms. The normalized spacial score (nSPS) is 14.7. The summed E-state index contributed by atoms with van der Waals surface area (Å²) in [4.78, 5) is 27.9. The van der Waals surface area contributed by atoms with Crippen LogP contribution in [0.25, 0.3) is 0 Å². The predicted octanol–water partition coefficient (Wildman–Crippen LogP) is 5.28. The van der Waals surface area contributed by atoms with Gasteiger partial charge in [-0.3, -0.25) is 9.59 Å². The Bertz CT molecular complexity index is 901. The van der Waals surface area contributed by atoms with Gasteiger partial charge in [-0.1, -0.05) is 73.3 Å². The van der Waals surface area contributed by atoms with Crippen molar-refractivity contribution in [3.8, 4) is 5.75 Å². The van der Waals surface area contributed by atoms with Crippen LogP contribution in [0.15, 0.2) is 48.5 Å². The van der Waals surface area contributed by atoms with Gasteiger partial charge in [0.05, 0.1) is 5.02 Å². The van der Waals surface area contributed by atoms with Crippen LogP contribution in [-0.4, -0.2) is 41.9 Å². The van der Waals surface area contributed by atoms with E-state index in [1.807, 2.05) is 37.3 Å². The van der Waals surface area contributed by atoms with E-state index in [2.05, 4.69) is 5.32 Å². The highest BCUT2D eigenvalue weighted by Gasteiger charge is 2.30. The maximum Gasteiger partial charge on any atom is 0.261 e. The van der Waals surface area contributed by atoms with Gasteiger partial charge < -0.3 is 15.0 Å². The summed E-state index contributed by atoms with van der Waals surface area (Å²) < 4.78 is 5.68. The SMILES string of the molecule is CC[C@@H](C(=O)NC1CCCC1)N(CCc1ccccc1)C(=O)COc1ccc(Cl)cc1Cl. The summed E-state index contributed by atoms with van der Waals surface area (Å²) in [5.41, 5.74) is 1.11. The minimum Gasteiger partial charge on any atom is -0.482 e. The maximum atomic E-state index is 13.2. The molecule has 3 rings (SSSR count). The molecule has 7 heteroatoms. The molecule has 0 unspecified atom stereocenters. The summed E-state index contributed by atoms with van der Waals surface area (Å²) >= 11 is 12.1. The Hall–Kier alpha value is -2.24. The van der Waals surface area contributed by atoms with Crippen molar-refractivity contribution < 1.29 is 14.3 Å². The number of carbonyl (C=O) groups excluding carboxylic acids is 2. The second-order valence-corrected chi connectivity index (χ2v) is 8.94. The number of hydrogen-bond donors (Lipinski definition) is 1. The molecule has 1 saturated carbocycles. The molecule has 1 fully saturated rings. The molecule has 0 radical (unpaired) electrons. The number of carbonyl (C=O) groups is 2. The largest absolute Gasteiger partial charge is 0.482 e. The number of benzene rings is 2. The van der Waals surface area contributed by atoms with Crippen molar-refractivity contribution in [1.29, 1.82) is 0 Å². The predicted molar refractivity (Wildman–Crippen MR) is 128 cm³/mol. The standard InChI is InChI=1S/C25H30Cl2N2O3/c1-2-22(25(31)28-20-10-6-7-11-20)29(15-14-18-8-4-3-5-9-18)24(30)17-32-23-13-12-19(26)16-21(23)27/h3-5,8-9,12-13,16,20,22H,2,6-7,10-11,14-15,17H2,1H3,(H,28,31)/t22-/m0/s1. The zero-order valence-corrected chi connectivity index (χ0v) is 19.9. The molecule has 0 saturated heterocycles. The molecule has 1 atom stereocenters. The molecule has 1 aliphatic carbocycles. The van der Waals surface area contributed by atoms with E-state index in [4.69, 9.17) is 27.9 Å². The number of amides is 2. The molecule has 0 bridgehead atoms. The average Bonchev–Trinajstić information content (AvgIpc) is 3.29. The van der Waals surface area contributed by atoms with Crippen molar-refractivity contribution in [2.75, 3.05) is 13.2 Å². The molecule has 0 spiro atoms. The van der Waals surface area contributed by atoms with Gasteiger partial charge in [0.15, 0.2) is 6.61 Å². The van der Waals surface area contributed by atoms with Crippen LogP contribution in [0.5, 0.6) is 5.75 Å². The van der Waals surface area contributed by atoms with Crippen LogP contribution in [-0.2, 0) is 16.0 Å². The highest BCUT2D eigenvalue weighted by atomic mass is 35.5. The molecular weight excluding hydrogens is 447 g/mol.